The molecule has 2 fully saturated rings. The molecule has 1 amide bonds. The molecule has 12 nitrogen and oxygen atoms in total. The number of oxime groups is 1. The number of hydrogen-bond acceptors (Lipinski definition) is 9. The van der Waals surface area contributed by atoms with Gasteiger partial charge in [0.15, 0.2) is 11.7 Å². The van der Waals surface area contributed by atoms with Gasteiger partial charge in [-0.1, -0.05) is 23.4 Å². The molecule has 13 heteroatoms. The van der Waals surface area contributed by atoms with Crippen LogP contribution in [0.15, 0.2) is 40.7 Å². The Balaban J connectivity index is 1.31. The molecule has 0 radical (unpaired) electrons. The second kappa shape index (κ2) is 11.5. The standard InChI is InChI=1S/C24H30FN7O5/c1-24(2)35-13-18(37-24)14-36-31-17-6-8-32(9-7-17)22-28-11-16(12-29-22)19-5-3-4-15(20(19)25)10-27-21(26)30-23(33)34/h3-5,11-12,18H,6-10,13-14H2,1-2H3,(H,33,34)(H3,26,27,30). The highest BCUT2D eigenvalue weighted by atomic mass is 19.1. The van der Waals surface area contributed by atoms with Gasteiger partial charge in [-0.3, -0.25) is 5.32 Å². The van der Waals surface area contributed by atoms with Gasteiger partial charge in [0, 0.05) is 55.0 Å². The average Bonchev–Trinajstić information content (AvgIpc) is 3.22. The average molecular weight is 516 g/mol. The van der Waals surface area contributed by atoms with Gasteiger partial charge in [0.2, 0.25) is 5.95 Å². The minimum atomic E-state index is -1.34. The third kappa shape index (κ3) is 7.11. The third-order valence-corrected chi connectivity index (χ3v) is 5.83. The molecular formula is C24H30FN7O5. The number of nitrogens with two attached hydrogens (primary N) is 1. The molecule has 2 aliphatic heterocycles. The molecule has 2 aromatic rings. The first-order valence-electron chi connectivity index (χ1n) is 11.8. The summed E-state index contributed by atoms with van der Waals surface area (Å²) in [5, 5.41) is 14.8. The van der Waals surface area contributed by atoms with E-state index in [0.29, 0.717) is 43.4 Å². The van der Waals surface area contributed by atoms with Gasteiger partial charge in [-0.25, -0.2) is 24.1 Å². The smallest absolute Gasteiger partial charge is 0.411 e. The number of hydrogen-bond donors (Lipinski definition) is 3. The van der Waals surface area contributed by atoms with Gasteiger partial charge in [-0.2, -0.15) is 0 Å². The number of aromatic nitrogens is 2. The molecule has 1 unspecified atom stereocenters. The van der Waals surface area contributed by atoms with Crippen molar-refractivity contribution >= 4 is 23.7 Å². The van der Waals surface area contributed by atoms with Gasteiger partial charge in [-0.15, -0.1) is 0 Å². The van der Waals surface area contributed by atoms with Crippen LogP contribution in [0.4, 0.5) is 15.1 Å². The maximum Gasteiger partial charge on any atom is 0.411 e. The van der Waals surface area contributed by atoms with Crippen LogP contribution in [-0.2, 0) is 20.9 Å². The number of piperidine rings is 1. The van der Waals surface area contributed by atoms with Gasteiger partial charge in [0.1, 0.15) is 18.5 Å². The Hall–Kier alpha value is -3.84. The topological polar surface area (TPSA) is 157 Å². The molecule has 37 heavy (non-hydrogen) atoms. The Morgan fingerprint density at radius 2 is 2.05 bits per heavy atom. The number of nitrogens with one attached hydrogen (secondary N) is 1. The van der Waals surface area contributed by atoms with E-state index in [1.54, 1.807) is 30.6 Å². The Morgan fingerprint density at radius 1 is 1.32 bits per heavy atom. The van der Waals surface area contributed by atoms with Crippen molar-refractivity contribution in [3.05, 3.63) is 42.0 Å². The van der Waals surface area contributed by atoms with Crippen molar-refractivity contribution in [1.82, 2.24) is 15.3 Å². The van der Waals surface area contributed by atoms with Crippen LogP contribution in [0.5, 0.6) is 0 Å². The van der Waals surface area contributed by atoms with Crippen LogP contribution in [-0.4, -0.2) is 71.0 Å². The number of carbonyl (C=O) groups is 1. The summed E-state index contributed by atoms with van der Waals surface area (Å²) >= 11 is 0. The zero-order chi connectivity index (χ0) is 26.4. The van der Waals surface area contributed by atoms with Crippen LogP contribution in [0.3, 0.4) is 0 Å². The van der Waals surface area contributed by atoms with Crippen LogP contribution in [0.2, 0.25) is 0 Å². The molecule has 0 spiro atoms. The lowest BCUT2D eigenvalue weighted by molar-refractivity contribution is -0.145. The van der Waals surface area contributed by atoms with Gasteiger partial charge in [0.05, 0.1) is 18.9 Å². The van der Waals surface area contributed by atoms with Crippen LogP contribution in [0.25, 0.3) is 11.1 Å². The highest BCUT2D eigenvalue weighted by Crippen LogP contribution is 2.26. The molecular weight excluding hydrogens is 485 g/mol. The summed E-state index contributed by atoms with van der Waals surface area (Å²) in [6, 6.07) is 4.85. The zero-order valence-electron chi connectivity index (χ0n) is 20.7. The molecule has 3 heterocycles. The first-order valence-corrected chi connectivity index (χ1v) is 11.8. The normalized spacial score (nSPS) is 19.5. The summed E-state index contributed by atoms with van der Waals surface area (Å²) in [7, 11) is 0. The van der Waals surface area contributed by atoms with E-state index < -0.39 is 17.7 Å². The summed E-state index contributed by atoms with van der Waals surface area (Å²) in [5.74, 6) is -0.840. The summed E-state index contributed by atoms with van der Waals surface area (Å²) in [6.07, 6.45) is 3.12. The first-order chi connectivity index (χ1) is 17.7. The fourth-order valence-corrected chi connectivity index (χ4v) is 3.98. The van der Waals surface area contributed by atoms with Crippen molar-refractivity contribution in [3.8, 4) is 11.1 Å². The van der Waals surface area contributed by atoms with E-state index in [0.717, 1.165) is 18.6 Å². The molecule has 0 saturated carbocycles. The number of carboxylic acid groups (broad SMARTS) is 1. The summed E-state index contributed by atoms with van der Waals surface area (Å²) in [4.78, 5) is 30.8. The highest BCUT2D eigenvalue weighted by Gasteiger charge is 2.33. The molecule has 2 saturated heterocycles. The molecule has 1 atom stereocenters. The number of rotatable bonds is 7. The molecule has 4 rings (SSSR count). The van der Waals surface area contributed by atoms with Crippen molar-refractivity contribution in [1.29, 1.82) is 0 Å². The quantitative estimate of drug-likeness (QED) is 0.286. The maximum atomic E-state index is 15.1. The van der Waals surface area contributed by atoms with Gasteiger partial charge < -0.3 is 30.1 Å². The number of nitrogens with zero attached hydrogens (tertiary/aromatic N) is 5. The van der Waals surface area contributed by atoms with Crippen LogP contribution >= 0.6 is 0 Å². The number of benzene rings is 1. The predicted octanol–water partition coefficient (Wildman–Crippen LogP) is 2.49. The molecule has 1 aromatic carbocycles. The first kappa shape index (κ1) is 26.2. The SMILES string of the molecule is CC1(C)OCC(CON=C2CCN(c3ncc(-c4cccc(CN=C(N)NC(=O)O)c4F)cn3)CC2)O1. The van der Waals surface area contributed by atoms with E-state index in [2.05, 4.69) is 20.1 Å². The second-order valence-electron chi connectivity index (χ2n) is 9.07. The monoisotopic (exact) mass is 515 g/mol. The largest absolute Gasteiger partial charge is 0.465 e. The van der Waals surface area contributed by atoms with E-state index in [9.17, 15) is 4.79 Å². The van der Waals surface area contributed by atoms with Crippen molar-refractivity contribution < 1.29 is 28.6 Å². The molecule has 198 valence electrons. The predicted molar refractivity (Wildman–Crippen MR) is 134 cm³/mol. The summed E-state index contributed by atoms with van der Waals surface area (Å²) in [6.45, 7) is 5.82. The lowest BCUT2D eigenvalue weighted by Crippen LogP contribution is -2.35. The number of ether oxygens (including phenoxy) is 2. The summed E-state index contributed by atoms with van der Waals surface area (Å²) in [5.41, 5.74) is 7.52. The van der Waals surface area contributed by atoms with Gasteiger partial charge >= 0.3 is 6.09 Å². The minimum absolute atomic E-state index is 0.119. The van der Waals surface area contributed by atoms with Crippen LogP contribution < -0.4 is 16.0 Å². The third-order valence-electron chi connectivity index (χ3n) is 5.83. The minimum Gasteiger partial charge on any atom is -0.465 e. The lowest BCUT2D eigenvalue weighted by atomic mass is 10.0. The van der Waals surface area contributed by atoms with Crippen molar-refractivity contribution in [2.75, 3.05) is 31.2 Å². The number of aliphatic imine (C=N–C) groups is 1. The van der Waals surface area contributed by atoms with Gasteiger partial charge in [-0.05, 0) is 13.8 Å². The molecule has 0 bridgehead atoms. The second-order valence-corrected chi connectivity index (χ2v) is 9.07. The molecule has 2 aliphatic rings. The van der Waals surface area contributed by atoms with Gasteiger partial charge in [0.25, 0.3) is 0 Å². The van der Waals surface area contributed by atoms with Crippen LogP contribution in [0.1, 0.15) is 32.3 Å². The van der Waals surface area contributed by atoms with E-state index >= 15 is 4.39 Å². The Labute approximate surface area is 213 Å². The van der Waals surface area contributed by atoms with Crippen LogP contribution in [0, 0.1) is 5.82 Å². The summed E-state index contributed by atoms with van der Waals surface area (Å²) < 4.78 is 26.3. The van der Waals surface area contributed by atoms with Crippen molar-refractivity contribution in [3.63, 3.8) is 0 Å². The fourth-order valence-electron chi connectivity index (χ4n) is 3.98. The van der Waals surface area contributed by atoms with Crippen molar-refractivity contribution in [2.45, 2.75) is 45.1 Å². The van der Waals surface area contributed by atoms with E-state index in [1.807, 2.05) is 24.1 Å². The number of guanidine groups is 1. The highest BCUT2D eigenvalue weighted by molar-refractivity contribution is 5.92. The fraction of sp³-hybridized carbons (Fsp3) is 0.458. The maximum absolute atomic E-state index is 15.1. The Morgan fingerprint density at radius 3 is 2.70 bits per heavy atom. The number of anilines is 1. The molecule has 0 aliphatic carbocycles. The molecule has 4 N–H and O–H groups in total. The molecule has 1 aromatic heterocycles. The zero-order valence-corrected chi connectivity index (χ0v) is 20.7. The van der Waals surface area contributed by atoms with E-state index in [-0.39, 0.29) is 24.2 Å². The van der Waals surface area contributed by atoms with E-state index in [4.69, 9.17) is 25.2 Å². The Bertz CT molecular complexity index is 1160. The van der Waals surface area contributed by atoms with Crippen molar-refractivity contribution in [2.24, 2.45) is 15.9 Å². The van der Waals surface area contributed by atoms with E-state index in [1.165, 1.54) is 0 Å². The lowest BCUT2D eigenvalue weighted by Gasteiger charge is -2.27. The Kier molecular flexibility index (Phi) is 8.14. The number of amides is 1. The number of halogens is 1.